The van der Waals surface area contributed by atoms with Crippen LogP contribution in [-0.2, 0) is 6.54 Å². The molecule has 3 rings (SSSR count). The number of hydrogen-bond donors (Lipinski definition) is 2. The van der Waals surface area contributed by atoms with E-state index in [1.807, 2.05) is 6.92 Å². The standard InChI is InChI=1S/C19H31F3N6S.HI/c1-14-25-17(12-29-14)11-27-6-3-15(4-7-27)9-24-18(23-2)26-16-5-8-28(10-16)13-19(20,21)22;/h12,15-16H,3-11,13H2,1-2H3,(H2,23,24,26);1H. The third kappa shape index (κ3) is 8.46. The molecular formula is C19H32F3IN6S. The first kappa shape index (κ1) is 25.6. The van der Waals surface area contributed by atoms with E-state index in [0.717, 1.165) is 49.7 Å². The minimum absolute atomic E-state index is 0. The second-order valence-corrected chi connectivity index (χ2v) is 9.07. The number of nitrogens with one attached hydrogen (secondary N) is 2. The normalized spacial score (nSPS) is 22.2. The molecule has 172 valence electrons. The molecule has 2 saturated heterocycles. The maximum absolute atomic E-state index is 12.5. The maximum Gasteiger partial charge on any atom is 0.401 e. The van der Waals surface area contributed by atoms with Crippen LogP contribution in [-0.4, -0.2) is 79.3 Å². The number of aromatic nitrogens is 1. The highest BCUT2D eigenvalue weighted by Gasteiger charge is 2.34. The van der Waals surface area contributed by atoms with Crippen molar-refractivity contribution in [1.29, 1.82) is 0 Å². The van der Waals surface area contributed by atoms with Crippen LogP contribution in [0, 0.1) is 12.8 Å². The summed E-state index contributed by atoms with van der Waals surface area (Å²) in [5.74, 6) is 1.26. The molecule has 1 atom stereocenters. The van der Waals surface area contributed by atoms with Gasteiger partial charge in [0.25, 0.3) is 0 Å². The minimum Gasteiger partial charge on any atom is -0.356 e. The Morgan fingerprint density at radius 3 is 2.53 bits per heavy atom. The summed E-state index contributed by atoms with van der Waals surface area (Å²) in [5, 5.41) is 9.89. The van der Waals surface area contributed by atoms with E-state index in [9.17, 15) is 13.2 Å². The summed E-state index contributed by atoms with van der Waals surface area (Å²) in [7, 11) is 1.70. The first-order valence-corrected chi connectivity index (χ1v) is 11.1. The van der Waals surface area contributed by atoms with Gasteiger partial charge in [0.1, 0.15) is 0 Å². The Labute approximate surface area is 197 Å². The molecule has 2 aliphatic heterocycles. The highest BCUT2D eigenvalue weighted by Crippen LogP contribution is 2.21. The zero-order valence-corrected chi connectivity index (χ0v) is 20.7. The molecule has 3 heterocycles. The van der Waals surface area contributed by atoms with E-state index in [2.05, 4.69) is 30.9 Å². The number of halogens is 4. The van der Waals surface area contributed by atoms with Crippen LogP contribution in [0.15, 0.2) is 10.4 Å². The summed E-state index contributed by atoms with van der Waals surface area (Å²) >= 11 is 1.70. The van der Waals surface area contributed by atoms with Crippen molar-refractivity contribution in [3.63, 3.8) is 0 Å². The number of rotatable bonds is 6. The van der Waals surface area contributed by atoms with Crippen LogP contribution in [0.4, 0.5) is 13.2 Å². The molecule has 2 N–H and O–H groups in total. The number of aryl methyl sites for hydroxylation is 1. The number of piperidine rings is 1. The molecule has 2 fully saturated rings. The molecule has 0 spiro atoms. The molecule has 0 bridgehead atoms. The first-order chi connectivity index (χ1) is 13.8. The van der Waals surface area contributed by atoms with Crippen LogP contribution in [0.3, 0.4) is 0 Å². The Balaban J connectivity index is 0.00000320. The quantitative estimate of drug-likeness (QED) is 0.319. The molecule has 0 aromatic carbocycles. The molecule has 1 aromatic rings. The molecule has 30 heavy (non-hydrogen) atoms. The second kappa shape index (κ2) is 11.8. The van der Waals surface area contributed by atoms with Gasteiger partial charge in [-0.2, -0.15) is 13.2 Å². The minimum atomic E-state index is -4.14. The van der Waals surface area contributed by atoms with Crippen LogP contribution >= 0.6 is 35.3 Å². The lowest BCUT2D eigenvalue weighted by Gasteiger charge is -2.32. The fraction of sp³-hybridized carbons (Fsp3) is 0.789. The Bertz CT molecular complexity index is 675. The highest BCUT2D eigenvalue weighted by atomic mass is 127. The molecule has 0 saturated carbocycles. The molecule has 1 aromatic heterocycles. The van der Waals surface area contributed by atoms with E-state index in [1.54, 1.807) is 18.4 Å². The first-order valence-electron chi connectivity index (χ1n) is 10.2. The lowest BCUT2D eigenvalue weighted by Crippen LogP contribution is -2.47. The summed E-state index contributed by atoms with van der Waals surface area (Å²) in [5.41, 5.74) is 1.16. The number of nitrogens with zero attached hydrogens (tertiary/aromatic N) is 4. The fourth-order valence-electron chi connectivity index (χ4n) is 4.04. The number of alkyl halides is 3. The molecule has 11 heteroatoms. The van der Waals surface area contributed by atoms with Gasteiger partial charge in [-0.3, -0.25) is 14.8 Å². The Hall–Kier alpha value is -0.660. The van der Waals surface area contributed by atoms with Gasteiger partial charge in [0.05, 0.1) is 17.2 Å². The third-order valence-electron chi connectivity index (χ3n) is 5.56. The van der Waals surface area contributed by atoms with Crippen molar-refractivity contribution in [2.75, 3.05) is 46.3 Å². The smallest absolute Gasteiger partial charge is 0.356 e. The van der Waals surface area contributed by atoms with Crippen molar-refractivity contribution in [2.24, 2.45) is 10.9 Å². The van der Waals surface area contributed by atoms with Gasteiger partial charge in [0, 0.05) is 44.6 Å². The number of thiazole rings is 1. The van der Waals surface area contributed by atoms with Crippen LogP contribution in [0.2, 0.25) is 0 Å². The van der Waals surface area contributed by atoms with Gasteiger partial charge >= 0.3 is 6.18 Å². The second-order valence-electron chi connectivity index (χ2n) is 8.01. The van der Waals surface area contributed by atoms with Crippen molar-refractivity contribution >= 4 is 41.3 Å². The highest BCUT2D eigenvalue weighted by molar-refractivity contribution is 14.0. The monoisotopic (exact) mass is 560 g/mol. The predicted octanol–water partition coefficient (Wildman–Crippen LogP) is 3.08. The Morgan fingerprint density at radius 2 is 1.93 bits per heavy atom. The van der Waals surface area contributed by atoms with Crippen LogP contribution in [0.5, 0.6) is 0 Å². The van der Waals surface area contributed by atoms with Gasteiger partial charge in [0.2, 0.25) is 0 Å². The summed E-state index contributed by atoms with van der Waals surface area (Å²) in [6.07, 6.45) is -1.20. The lowest BCUT2D eigenvalue weighted by molar-refractivity contribution is -0.143. The number of aliphatic imine (C=N–C) groups is 1. The van der Waals surface area contributed by atoms with Crippen LogP contribution in [0.1, 0.15) is 30.0 Å². The van der Waals surface area contributed by atoms with Gasteiger partial charge < -0.3 is 10.6 Å². The van der Waals surface area contributed by atoms with Gasteiger partial charge in [-0.25, -0.2) is 4.98 Å². The van der Waals surface area contributed by atoms with Crippen molar-refractivity contribution in [1.82, 2.24) is 25.4 Å². The third-order valence-corrected chi connectivity index (χ3v) is 6.38. The summed E-state index contributed by atoms with van der Waals surface area (Å²) in [6, 6.07) is 0.00645. The van der Waals surface area contributed by atoms with E-state index in [4.69, 9.17) is 0 Å². The average Bonchev–Trinajstić information content (AvgIpc) is 3.27. The lowest BCUT2D eigenvalue weighted by atomic mass is 9.97. The van der Waals surface area contributed by atoms with Gasteiger partial charge in [-0.05, 0) is 45.2 Å². The summed E-state index contributed by atoms with van der Waals surface area (Å²) in [4.78, 5) is 12.7. The van der Waals surface area contributed by atoms with Crippen molar-refractivity contribution in [3.8, 4) is 0 Å². The molecule has 0 radical (unpaired) electrons. The van der Waals surface area contributed by atoms with Gasteiger partial charge in [-0.1, -0.05) is 0 Å². The van der Waals surface area contributed by atoms with Gasteiger partial charge in [-0.15, -0.1) is 35.3 Å². The molecule has 1 unspecified atom stereocenters. The summed E-state index contributed by atoms with van der Waals surface area (Å²) < 4.78 is 37.6. The molecular weight excluding hydrogens is 528 g/mol. The fourth-order valence-corrected chi connectivity index (χ4v) is 4.64. The largest absolute Gasteiger partial charge is 0.401 e. The number of likely N-dealkylation sites (tertiary alicyclic amines) is 2. The predicted molar refractivity (Wildman–Crippen MR) is 126 cm³/mol. The molecule has 6 nitrogen and oxygen atoms in total. The molecule has 0 aliphatic carbocycles. The maximum atomic E-state index is 12.5. The van der Waals surface area contributed by atoms with Crippen LogP contribution < -0.4 is 10.6 Å². The Morgan fingerprint density at radius 1 is 1.23 bits per heavy atom. The number of guanidine groups is 1. The van der Waals surface area contributed by atoms with Crippen molar-refractivity contribution in [3.05, 3.63) is 16.1 Å². The Kier molecular flexibility index (Phi) is 10.1. The topological polar surface area (TPSA) is 55.8 Å². The SMILES string of the molecule is CN=C(NCC1CCN(Cc2csc(C)n2)CC1)NC1CCN(CC(F)(F)F)C1.I. The van der Waals surface area contributed by atoms with E-state index >= 15 is 0 Å². The summed E-state index contributed by atoms with van der Waals surface area (Å²) in [6.45, 7) is 5.93. The molecule has 0 amide bonds. The van der Waals surface area contributed by atoms with E-state index in [1.165, 1.54) is 4.90 Å². The van der Waals surface area contributed by atoms with Crippen LogP contribution in [0.25, 0.3) is 0 Å². The van der Waals surface area contributed by atoms with E-state index in [-0.39, 0.29) is 30.0 Å². The van der Waals surface area contributed by atoms with E-state index in [0.29, 0.717) is 31.4 Å². The van der Waals surface area contributed by atoms with Crippen molar-refractivity contribution in [2.45, 2.75) is 44.9 Å². The van der Waals surface area contributed by atoms with E-state index < -0.39 is 12.7 Å². The zero-order valence-electron chi connectivity index (χ0n) is 17.5. The number of hydrogen-bond acceptors (Lipinski definition) is 5. The average molecular weight is 560 g/mol. The van der Waals surface area contributed by atoms with Gasteiger partial charge in [0.15, 0.2) is 5.96 Å². The van der Waals surface area contributed by atoms with Crippen molar-refractivity contribution < 1.29 is 13.2 Å². The molecule has 2 aliphatic rings. The zero-order chi connectivity index (χ0) is 20.9.